The summed E-state index contributed by atoms with van der Waals surface area (Å²) in [5, 5.41) is 0. The minimum atomic E-state index is -0.0487. The number of fused-ring (bicyclic) bond motifs is 1. The maximum absolute atomic E-state index is 12.9. The van der Waals surface area contributed by atoms with Crippen LogP contribution in [0.5, 0.6) is 5.75 Å². The minimum Gasteiger partial charge on any atom is -0.493 e. The van der Waals surface area contributed by atoms with Crippen LogP contribution in [0.1, 0.15) is 40.9 Å². The van der Waals surface area contributed by atoms with Gasteiger partial charge >= 0.3 is 0 Å². The predicted molar refractivity (Wildman–Crippen MR) is 103 cm³/mol. The van der Waals surface area contributed by atoms with Crippen molar-refractivity contribution in [2.24, 2.45) is 0 Å². The third-order valence-corrected chi connectivity index (χ3v) is 4.96. The number of nitrogens with zero attached hydrogens (tertiary/aromatic N) is 3. The van der Waals surface area contributed by atoms with Gasteiger partial charge in [-0.15, -0.1) is 0 Å². The molecule has 1 N–H and O–H groups in total. The van der Waals surface area contributed by atoms with Gasteiger partial charge in [-0.25, -0.2) is 4.98 Å². The minimum absolute atomic E-state index is 0.0487. The molecule has 0 fully saturated rings. The van der Waals surface area contributed by atoms with Gasteiger partial charge in [-0.1, -0.05) is 0 Å². The number of anilines is 1. The number of hydrogen-bond acceptors (Lipinski definition) is 4. The normalized spacial score (nSPS) is 15.7. The first-order valence-corrected chi connectivity index (χ1v) is 9.22. The van der Waals surface area contributed by atoms with Crippen LogP contribution < -0.4 is 9.64 Å². The summed E-state index contributed by atoms with van der Waals surface area (Å²) in [6.07, 6.45) is 8.66. The van der Waals surface area contributed by atoms with E-state index in [4.69, 9.17) is 4.74 Å². The van der Waals surface area contributed by atoms with Gasteiger partial charge in [-0.3, -0.25) is 9.78 Å². The molecule has 4 rings (SSSR count). The lowest BCUT2D eigenvalue weighted by molar-refractivity contribution is 0.0988. The molecular weight excluding hydrogens is 340 g/mol. The lowest BCUT2D eigenvalue weighted by Gasteiger charge is -2.28. The topological polar surface area (TPSA) is 71.1 Å². The Morgan fingerprint density at radius 2 is 2.22 bits per heavy atom. The summed E-state index contributed by atoms with van der Waals surface area (Å²) in [6, 6.07) is 9.59. The Balaban J connectivity index is 1.65. The van der Waals surface area contributed by atoms with Gasteiger partial charge in [0.2, 0.25) is 0 Å². The molecule has 2 aromatic heterocycles. The van der Waals surface area contributed by atoms with Crippen LogP contribution in [-0.4, -0.2) is 34.0 Å². The molecule has 1 amide bonds. The molecule has 0 aliphatic carbocycles. The fraction of sp³-hybridized carbons (Fsp3) is 0.286. The van der Waals surface area contributed by atoms with Gasteiger partial charge in [0.1, 0.15) is 5.75 Å². The Labute approximate surface area is 158 Å². The van der Waals surface area contributed by atoms with E-state index in [0.29, 0.717) is 24.6 Å². The van der Waals surface area contributed by atoms with Crippen LogP contribution in [0.15, 0.2) is 55.2 Å². The molecule has 0 saturated carbocycles. The lowest BCUT2D eigenvalue weighted by Crippen LogP contribution is -2.31. The van der Waals surface area contributed by atoms with E-state index in [1.807, 2.05) is 25.3 Å². The van der Waals surface area contributed by atoms with Gasteiger partial charge in [-0.2, -0.15) is 0 Å². The fourth-order valence-electron chi connectivity index (χ4n) is 3.58. The first kappa shape index (κ1) is 17.3. The number of ether oxygens (including phenoxy) is 1. The molecule has 1 unspecified atom stereocenters. The van der Waals surface area contributed by atoms with E-state index in [0.717, 1.165) is 35.5 Å². The van der Waals surface area contributed by atoms with Crippen molar-refractivity contribution in [2.45, 2.75) is 25.7 Å². The van der Waals surface area contributed by atoms with Crippen LogP contribution in [0.25, 0.3) is 0 Å². The maximum Gasteiger partial charge on any atom is 0.259 e. The summed E-state index contributed by atoms with van der Waals surface area (Å²) < 4.78 is 5.85. The van der Waals surface area contributed by atoms with Crippen molar-refractivity contribution in [3.8, 4) is 5.75 Å². The summed E-state index contributed by atoms with van der Waals surface area (Å²) in [7, 11) is 0. The SMILES string of the molecule is CCN(C(=O)c1cccnc1)c1ccc2c(c1)C(Cc1cnc[nH]1)CCO2. The molecule has 1 aromatic carbocycles. The number of carbonyl (C=O) groups is 1. The van der Waals surface area contributed by atoms with Crippen LogP contribution in [0.4, 0.5) is 5.69 Å². The standard InChI is InChI=1S/C21H22N4O2/c1-2-25(21(26)16-4-3-8-22-12-16)18-5-6-20-19(11-18)15(7-9-27-20)10-17-13-23-14-24-17/h3-6,8,11-15H,2,7,9-10H2,1H3,(H,23,24). The van der Waals surface area contributed by atoms with Crippen molar-refractivity contribution in [3.05, 3.63) is 72.1 Å². The fourth-order valence-corrected chi connectivity index (χ4v) is 3.58. The third kappa shape index (κ3) is 3.56. The predicted octanol–water partition coefficient (Wildman–Crippen LogP) is 3.58. The summed E-state index contributed by atoms with van der Waals surface area (Å²) in [5.41, 5.74) is 3.72. The molecule has 1 aliphatic heterocycles. The van der Waals surface area contributed by atoms with E-state index < -0.39 is 0 Å². The number of rotatable bonds is 5. The van der Waals surface area contributed by atoms with E-state index in [-0.39, 0.29) is 5.91 Å². The highest BCUT2D eigenvalue weighted by atomic mass is 16.5. The first-order valence-electron chi connectivity index (χ1n) is 9.22. The Morgan fingerprint density at radius 1 is 1.30 bits per heavy atom. The van der Waals surface area contributed by atoms with Crippen molar-refractivity contribution in [1.82, 2.24) is 15.0 Å². The number of aromatic nitrogens is 3. The van der Waals surface area contributed by atoms with Crippen LogP contribution >= 0.6 is 0 Å². The number of imidazole rings is 1. The van der Waals surface area contributed by atoms with Gasteiger partial charge in [0.15, 0.2) is 0 Å². The number of H-pyrrole nitrogens is 1. The zero-order valence-corrected chi connectivity index (χ0v) is 15.3. The molecule has 3 heterocycles. The number of hydrogen-bond donors (Lipinski definition) is 1. The smallest absolute Gasteiger partial charge is 0.259 e. The molecule has 138 valence electrons. The lowest BCUT2D eigenvalue weighted by atomic mass is 9.89. The van der Waals surface area contributed by atoms with E-state index in [9.17, 15) is 4.79 Å². The van der Waals surface area contributed by atoms with Gasteiger partial charge in [0.25, 0.3) is 5.91 Å². The Kier molecular flexibility index (Phi) is 4.87. The van der Waals surface area contributed by atoms with E-state index in [1.54, 1.807) is 35.8 Å². The molecule has 0 spiro atoms. The Morgan fingerprint density at radius 3 is 2.96 bits per heavy atom. The summed E-state index contributed by atoms with van der Waals surface area (Å²) in [6.45, 7) is 3.27. The van der Waals surface area contributed by atoms with E-state index in [2.05, 4.69) is 21.0 Å². The van der Waals surface area contributed by atoms with Crippen molar-refractivity contribution in [2.75, 3.05) is 18.1 Å². The Hall–Kier alpha value is -3.15. The molecule has 27 heavy (non-hydrogen) atoms. The molecule has 0 radical (unpaired) electrons. The second kappa shape index (κ2) is 7.61. The van der Waals surface area contributed by atoms with Crippen molar-refractivity contribution < 1.29 is 9.53 Å². The maximum atomic E-state index is 12.9. The number of aromatic amines is 1. The number of benzene rings is 1. The van der Waals surface area contributed by atoms with E-state index >= 15 is 0 Å². The highest BCUT2D eigenvalue weighted by molar-refractivity contribution is 6.05. The zero-order valence-electron chi connectivity index (χ0n) is 15.3. The van der Waals surface area contributed by atoms with Gasteiger partial charge in [0.05, 0.1) is 18.5 Å². The molecule has 6 nitrogen and oxygen atoms in total. The second-order valence-corrected chi connectivity index (χ2v) is 6.63. The molecule has 1 atom stereocenters. The highest BCUT2D eigenvalue weighted by Crippen LogP contribution is 2.38. The highest BCUT2D eigenvalue weighted by Gasteiger charge is 2.25. The van der Waals surface area contributed by atoms with Gasteiger partial charge < -0.3 is 14.6 Å². The summed E-state index contributed by atoms with van der Waals surface area (Å²) in [5.74, 6) is 1.19. The second-order valence-electron chi connectivity index (χ2n) is 6.63. The van der Waals surface area contributed by atoms with E-state index in [1.165, 1.54) is 0 Å². The number of nitrogens with one attached hydrogen (secondary N) is 1. The summed E-state index contributed by atoms with van der Waals surface area (Å²) in [4.78, 5) is 26.1. The van der Waals surface area contributed by atoms with Crippen LogP contribution in [0.2, 0.25) is 0 Å². The largest absolute Gasteiger partial charge is 0.493 e. The van der Waals surface area contributed by atoms with Crippen molar-refractivity contribution >= 4 is 11.6 Å². The molecule has 3 aromatic rings. The van der Waals surface area contributed by atoms with Crippen molar-refractivity contribution in [3.63, 3.8) is 0 Å². The average molecular weight is 362 g/mol. The van der Waals surface area contributed by atoms with Crippen LogP contribution in [-0.2, 0) is 6.42 Å². The number of carbonyl (C=O) groups excluding carboxylic acids is 1. The zero-order chi connectivity index (χ0) is 18.6. The Bertz CT molecular complexity index is 909. The first-order chi connectivity index (χ1) is 13.3. The molecule has 6 heteroatoms. The average Bonchev–Trinajstić information content (AvgIpc) is 3.22. The third-order valence-electron chi connectivity index (χ3n) is 4.96. The molecule has 0 bridgehead atoms. The molecular formula is C21H22N4O2. The quantitative estimate of drug-likeness (QED) is 0.753. The van der Waals surface area contributed by atoms with Crippen LogP contribution in [0.3, 0.4) is 0 Å². The van der Waals surface area contributed by atoms with Gasteiger partial charge in [-0.05, 0) is 61.6 Å². The molecule has 0 saturated heterocycles. The van der Waals surface area contributed by atoms with Gasteiger partial charge in [0, 0.05) is 36.5 Å². The summed E-state index contributed by atoms with van der Waals surface area (Å²) >= 11 is 0. The van der Waals surface area contributed by atoms with Crippen LogP contribution in [0, 0.1) is 0 Å². The monoisotopic (exact) mass is 362 g/mol. The number of pyridine rings is 1. The molecule has 1 aliphatic rings. The van der Waals surface area contributed by atoms with Crippen molar-refractivity contribution in [1.29, 1.82) is 0 Å². The number of amides is 1.